The lowest BCUT2D eigenvalue weighted by molar-refractivity contribution is 0.527. The molecule has 0 spiro atoms. The average Bonchev–Trinajstić information content (AvgIpc) is 2.65. The molecular weight excluding hydrogens is 300 g/mol. The van der Waals surface area contributed by atoms with Crippen molar-refractivity contribution in [1.82, 2.24) is 4.72 Å². The first kappa shape index (κ1) is 15.7. The third kappa shape index (κ3) is 3.14. The smallest absolute Gasteiger partial charge is 0.146 e. The SMILES string of the molecule is CC(N[S@@+]([O-])C(C)(C)C)c1sc2cc(F)ccc2c1F. The van der Waals surface area contributed by atoms with Crippen LogP contribution in [0.4, 0.5) is 8.78 Å². The number of hydrogen-bond acceptors (Lipinski definition) is 3. The van der Waals surface area contributed by atoms with Gasteiger partial charge in [0, 0.05) is 21.4 Å². The van der Waals surface area contributed by atoms with Crippen molar-refractivity contribution in [3.8, 4) is 0 Å². The lowest BCUT2D eigenvalue weighted by Gasteiger charge is -2.26. The van der Waals surface area contributed by atoms with Crippen LogP contribution in [0, 0.1) is 11.6 Å². The van der Waals surface area contributed by atoms with E-state index in [9.17, 15) is 13.3 Å². The van der Waals surface area contributed by atoms with Crippen molar-refractivity contribution < 1.29 is 13.3 Å². The van der Waals surface area contributed by atoms with E-state index in [1.54, 1.807) is 6.92 Å². The van der Waals surface area contributed by atoms with Gasteiger partial charge in [0.05, 0.1) is 10.9 Å². The van der Waals surface area contributed by atoms with Crippen LogP contribution >= 0.6 is 11.3 Å². The Labute approximate surface area is 124 Å². The van der Waals surface area contributed by atoms with Crippen molar-refractivity contribution in [1.29, 1.82) is 0 Å². The molecule has 0 saturated heterocycles. The third-order valence-corrected chi connectivity index (χ3v) is 5.84. The summed E-state index contributed by atoms with van der Waals surface area (Å²) >= 11 is -0.0995. The molecule has 6 heteroatoms. The number of nitrogens with one attached hydrogen (secondary N) is 1. The van der Waals surface area contributed by atoms with E-state index in [4.69, 9.17) is 0 Å². The van der Waals surface area contributed by atoms with Crippen LogP contribution in [-0.4, -0.2) is 9.30 Å². The molecule has 0 aliphatic carbocycles. The van der Waals surface area contributed by atoms with E-state index in [1.165, 1.54) is 29.5 Å². The summed E-state index contributed by atoms with van der Waals surface area (Å²) in [6, 6.07) is 3.61. The van der Waals surface area contributed by atoms with E-state index in [2.05, 4.69) is 4.72 Å². The van der Waals surface area contributed by atoms with E-state index < -0.39 is 22.2 Å². The van der Waals surface area contributed by atoms with Gasteiger partial charge in [0.25, 0.3) is 0 Å². The minimum absolute atomic E-state index is 0.365. The Morgan fingerprint density at radius 3 is 2.55 bits per heavy atom. The molecule has 110 valence electrons. The minimum atomic E-state index is -1.29. The topological polar surface area (TPSA) is 35.1 Å². The van der Waals surface area contributed by atoms with Crippen LogP contribution < -0.4 is 4.72 Å². The molecule has 0 bridgehead atoms. The van der Waals surface area contributed by atoms with Crippen molar-refractivity contribution in [3.63, 3.8) is 0 Å². The maximum Gasteiger partial charge on any atom is 0.146 e. The Morgan fingerprint density at radius 2 is 1.95 bits per heavy atom. The second-order valence-electron chi connectivity index (χ2n) is 5.64. The summed E-state index contributed by atoms with van der Waals surface area (Å²) in [7, 11) is 0. The minimum Gasteiger partial charge on any atom is -0.598 e. The van der Waals surface area contributed by atoms with Gasteiger partial charge >= 0.3 is 0 Å². The summed E-state index contributed by atoms with van der Waals surface area (Å²) in [6.45, 7) is 7.30. The number of hydrogen-bond donors (Lipinski definition) is 1. The standard InChI is InChI=1S/C14H17F2NOS2/c1-8(17-20(18)14(2,3)4)13-12(16)10-6-5-9(15)7-11(10)19-13/h5-8,17H,1-4H3/t8?,20-/m0/s1. The summed E-state index contributed by atoms with van der Waals surface area (Å²) in [4.78, 5) is 0.447. The molecule has 1 unspecified atom stereocenters. The van der Waals surface area contributed by atoms with Gasteiger partial charge in [0.15, 0.2) is 0 Å². The predicted molar refractivity (Wildman–Crippen MR) is 81.2 cm³/mol. The first-order valence-electron chi connectivity index (χ1n) is 6.25. The van der Waals surface area contributed by atoms with Crippen molar-refractivity contribution >= 4 is 32.8 Å². The number of thiophene rings is 1. The lowest BCUT2D eigenvalue weighted by atomic mass is 10.2. The first-order valence-corrected chi connectivity index (χ1v) is 8.22. The van der Waals surface area contributed by atoms with E-state index >= 15 is 0 Å². The highest BCUT2D eigenvalue weighted by Gasteiger charge is 2.30. The molecule has 2 atom stereocenters. The van der Waals surface area contributed by atoms with Gasteiger partial charge in [-0.25, -0.2) is 8.78 Å². The summed E-state index contributed by atoms with van der Waals surface area (Å²) in [5.41, 5.74) is 0. The zero-order chi connectivity index (χ0) is 15.1. The Morgan fingerprint density at radius 1 is 1.30 bits per heavy atom. The molecule has 1 aromatic carbocycles. The van der Waals surface area contributed by atoms with Crippen molar-refractivity contribution in [2.75, 3.05) is 0 Å². The van der Waals surface area contributed by atoms with Gasteiger partial charge in [-0.05, 0) is 45.9 Å². The highest BCUT2D eigenvalue weighted by atomic mass is 32.2. The largest absolute Gasteiger partial charge is 0.598 e. The Kier molecular flexibility index (Phi) is 4.39. The van der Waals surface area contributed by atoms with Crippen LogP contribution in [0.25, 0.3) is 10.1 Å². The molecule has 0 amide bonds. The highest BCUT2D eigenvalue weighted by molar-refractivity contribution is 7.90. The molecule has 1 N–H and O–H groups in total. The summed E-state index contributed by atoms with van der Waals surface area (Å²) < 4.78 is 42.6. The van der Waals surface area contributed by atoms with Crippen molar-refractivity contribution in [3.05, 3.63) is 34.7 Å². The summed E-state index contributed by atoms with van der Waals surface area (Å²) in [5.74, 6) is -0.750. The quantitative estimate of drug-likeness (QED) is 0.857. The normalized spacial score (nSPS) is 15.6. The van der Waals surface area contributed by atoms with Gasteiger partial charge < -0.3 is 4.55 Å². The fraction of sp³-hybridized carbons (Fsp3) is 0.429. The zero-order valence-electron chi connectivity index (χ0n) is 11.8. The van der Waals surface area contributed by atoms with Crippen LogP contribution in [0.5, 0.6) is 0 Å². The molecular formula is C14H17F2NOS2. The average molecular weight is 317 g/mol. The number of halogens is 2. The van der Waals surface area contributed by atoms with Crippen LogP contribution in [0.3, 0.4) is 0 Å². The van der Waals surface area contributed by atoms with Gasteiger partial charge in [-0.3, -0.25) is 0 Å². The van der Waals surface area contributed by atoms with Crippen LogP contribution in [0.1, 0.15) is 38.6 Å². The number of rotatable bonds is 3. The molecule has 1 heterocycles. The van der Waals surface area contributed by atoms with Gasteiger partial charge in [0.2, 0.25) is 0 Å². The van der Waals surface area contributed by atoms with Crippen LogP contribution in [0.2, 0.25) is 0 Å². The fourth-order valence-corrected chi connectivity index (χ4v) is 3.71. The van der Waals surface area contributed by atoms with Crippen LogP contribution in [-0.2, 0) is 11.4 Å². The van der Waals surface area contributed by atoms with Crippen molar-refractivity contribution in [2.24, 2.45) is 0 Å². The summed E-state index contributed by atoms with van der Waals surface area (Å²) in [6.07, 6.45) is 0. The molecule has 20 heavy (non-hydrogen) atoms. The molecule has 2 aromatic rings. The van der Waals surface area contributed by atoms with E-state index in [1.807, 2.05) is 20.8 Å². The molecule has 0 radical (unpaired) electrons. The van der Waals surface area contributed by atoms with Crippen molar-refractivity contribution in [2.45, 2.75) is 38.5 Å². The molecule has 2 nitrogen and oxygen atoms in total. The van der Waals surface area contributed by atoms with Gasteiger partial charge in [-0.15, -0.1) is 16.1 Å². The number of fused-ring (bicyclic) bond motifs is 1. The first-order chi connectivity index (χ1) is 9.20. The summed E-state index contributed by atoms with van der Waals surface area (Å²) in [5, 5.41) is 0.404. The predicted octanol–water partition coefficient (Wildman–Crippen LogP) is 4.29. The molecule has 1 aromatic heterocycles. The second-order valence-corrected chi connectivity index (χ2v) is 8.72. The Balaban J connectivity index is 2.31. The van der Waals surface area contributed by atoms with Crippen LogP contribution in [0.15, 0.2) is 18.2 Å². The Hall–Kier alpha value is -0.690. The highest BCUT2D eigenvalue weighted by Crippen LogP contribution is 2.35. The maximum absolute atomic E-state index is 14.3. The maximum atomic E-state index is 14.3. The molecule has 2 rings (SSSR count). The van der Waals surface area contributed by atoms with E-state index in [0.717, 1.165) is 0 Å². The van der Waals surface area contributed by atoms with E-state index in [-0.39, 0.29) is 11.6 Å². The van der Waals surface area contributed by atoms with Gasteiger partial charge in [0.1, 0.15) is 16.4 Å². The number of benzene rings is 1. The molecule has 0 saturated carbocycles. The van der Waals surface area contributed by atoms with Gasteiger partial charge in [-0.2, -0.15) is 0 Å². The Bertz CT molecular complexity index is 621. The monoisotopic (exact) mass is 317 g/mol. The molecule has 0 aliphatic heterocycles. The third-order valence-electron chi connectivity index (χ3n) is 2.85. The van der Waals surface area contributed by atoms with Gasteiger partial charge in [-0.1, -0.05) is 0 Å². The second kappa shape index (κ2) is 5.60. The molecule has 0 aliphatic rings. The zero-order valence-corrected chi connectivity index (χ0v) is 13.4. The van der Waals surface area contributed by atoms with E-state index in [0.29, 0.717) is 15.0 Å². The lowest BCUT2D eigenvalue weighted by Crippen LogP contribution is -2.40. The molecule has 0 fully saturated rings. The fourth-order valence-electron chi connectivity index (χ4n) is 1.73.